The van der Waals surface area contributed by atoms with Crippen molar-refractivity contribution in [1.82, 2.24) is 4.98 Å². The summed E-state index contributed by atoms with van der Waals surface area (Å²) in [5.41, 5.74) is 0. The molecule has 2 aromatic carbocycles. The first-order valence-corrected chi connectivity index (χ1v) is 7.87. The number of nitrogens with zero attached hydrogens (tertiary/aromatic N) is 1. The first-order valence-electron chi connectivity index (χ1n) is 6.68. The number of para-hydroxylation sites is 1. The van der Waals surface area contributed by atoms with E-state index in [2.05, 4.69) is 9.71 Å². The molecule has 0 fully saturated rings. The molecule has 0 radical (unpaired) electrons. The van der Waals surface area contributed by atoms with E-state index in [-0.39, 0.29) is 0 Å². The molecule has 0 aliphatic heterocycles. The van der Waals surface area contributed by atoms with E-state index < -0.39 is 0 Å². The second kappa shape index (κ2) is 7.20. The third-order valence-corrected chi connectivity index (χ3v) is 3.79. The van der Waals surface area contributed by atoms with Crippen LogP contribution < -0.4 is 9.46 Å². The number of benzene rings is 2. The van der Waals surface area contributed by atoms with E-state index in [1.165, 1.54) is 11.9 Å². The van der Waals surface area contributed by atoms with Gasteiger partial charge in [-0.15, -0.1) is 0 Å². The minimum Gasteiger partial charge on any atom is -0.439 e. The lowest BCUT2D eigenvalue weighted by atomic mass is 10.3. The molecule has 0 aliphatic carbocycles. The fraction of sp³-hybridized carbons (Fsp3) is 0. The van der Waals surface area contributed by atoms with Gasteiger partial charge in [-0.05, 0) is 36.2 Å². The fourth-order valence-electron chi connectivity index (χ4n) is 1.79. The van der Waals surface area contributed by atoms with E-state index in [0.717, 1.165) is 10.6 Å². The molecule has 0 aliphatic rings. The van der Waals surface area contributed by atoms with Crippen molar-refractivity contribution in [1.29, 1.82) is 0 Å². The van der Waals surface area contributed by atoms with Crippen LogP contribution >= 0.6 is 23.5 Å². The summed E-state index contributed by atoms with van der Waals surface area (Å²) in [7, 11) is 0. The standard InChI is InChI=1S/C17H13ClN2OS/c18-13-11-16(20-22-15-9-5-2-6-10-15)19-17(12-13)21-14-7-3-1-4-8-14/h1-12H,(H,19,20). The Kier molecular flexibility index (Phi) is 4.83. The second-order valence-corrected chi connectivity index (χ2v) is 5.76. The van der Waals surface area contributed by atoms with Crippen molar-refractivity contribution >= 4 is 29.4 Å². The van der Waals surface area contributed by atoms with E-state index in [1.807, 2.05) is 60.7 Å². The van der Waals surface area contributed by atoms with Gasteiger partial charge in [0.05, 0.1) is 0 Å². The predicted octanol–water partition coefficient (Wildman–Crippen LogP) is 5.65. The summed E-state index contributed by atoms with van der Waals surface area (Å²) in [5.74, 6) is 1.82. The van der Waals surface area contributed by atoms with Gasteiger partial charge in [0, 0.05) is 22.1 Å². The third-order valence-electron chi connectivity index (χ3n) is 2.75. The monoisotopic (exact) mass is 328 g/mol. The maximum atomic E-state index is 6.13. The van der Waals surface area contributed by atoms with Crippen LogP contribution in [0.4, 0.5) is 5.82 Å². The van der Waals surface area contributed by atoms with Crippen LogP contribution in [0, 0.1) is 0 Å². The molecule has 1 heterocycles. The molecule has 0 saturated carbocycles. The molecule has 0 amide bonds. The van der Waals surface area contributed by atoms with Crippen LogP contribution in [0.2, 0.25) is 5.02 Å². The van der Waals surface area contributed by atoms with Crippen molar-refractivity contribution in [2.24, 2.45) is 0 Å². The van der Waals surface area contributed by atoms with E-state index in [0.29, 0.717) is 16.7 Å². The Morgan fingerprint density at radius 2 is 1.59 bits per heavy atom. The zero-order chi connectivity index (χ0) is 15.2. The van der Waals surface area contributed by atoms with Crippen molar-refractivity contribution in [3.63, 3.8) is 0 Å². The molecular weight excluding hydrogens is 316 g/mol. The number of hydrogen-bond acceptors (Lipinski definition) is 4. The number of rotatable bonds is 5. The molecule has 0 bridgehead atoms. The fourth-order valence-corrected chi connectivity index (χ4v) is 2.60. The SMILES string of the molecule is Clc1cc(NSc2ccccc2)nc(Oc2ccccc2)c1. The number of anilines is 1. The van der Waals surface area contributed by atoms with Crippen molar-refractivity contribution in [3.8, 4) is 11.6 Å². The van der Waals surface area contributed by atoms with Crippen molar-refractivity contribution in [2.45, 2.75) is 4.90 Å². The summed E-state index contributed by atoms with van der Waals surface area (Å²) in [6, 6.07) is 22.9. The van der Waals surface area contributed by atoms with Gasteiger partial charge in [0.25, 0.3) is 0 Å². The number of aromatic nitrogens is 1. The molecule has 0 spiro atoms. The topological polar surface area (TPSA) is 34.2 Å². The molecule has 110 valence electrons. The van der Waals surface area contributed by atoms with E-state index in [4.69, 9.17) is 16.3 Å². The van der Waals surface area contributed by atoms with Crippen LogP contribution in [0.25, 0.3) is 0 Å². The van der Waals surface area contributed by atoms with Gasteiger partial charge in [0.1, 0.15) is 11.6 Å². The lowest BCUT2D eigenvalue weighted by Crippen LogP contribution is -1.94. The molecule has 0 saturated heterocycles. The molecule has 3 nitrogen and oxygen atoms in total. The zero-order valence-corrected chi connectivity index (χ0v) is 13.1. The van der Waals surface area contributed by atoms with Crippen molar-refractivity contribution in [3.05, 3.63) is 77.8 Å². The van der Waals surface area contributed by atoms with Gasteiger partial charge in [0.15, 0.2) is 0 Å². The van der Waals surface area contributed by atoms with Gasteiger partial charge in [0.2, 0.25) is 5.88 Å². The van der Waals surface area contributed by atoms with E-state index >= 15 is 0 Å². The largest absolute Gasteiger partial charge is 0.439 e. The summed E-state index contributed by atoms with van der Waals surface area (Å²) in [4.78, 5) is 5.50. The van der Waals surface area contributed by atoms with Crippen LogP contribution in [0.1, 0.15) is 0 Å². The number of nitrogens with one attached hydrogen (secondary N) is 1. The average Bonchev–Trinajstić information content (AvgIpc) is 2.54. The van der Waals surface area contributed by atoms with Crippen LogP contribution in [-0.2, 0) is 0 Å². The zero-order valence-electron chi connectivity index (χ0n) is 11.6. The molecule has 3 aromatic rings. The van der Waals surface area contributed by atoms with Gasteiger partial charge < -0.3 is 9.46 Å². The maximum Gasteiger partial charge on any atom is 0.222 e. The lowest BCUT2D eigenvalue weighted by molar-refractivity contribution is 0.464. The first-order chi connectivity index (χ1) is 10.8. The van der Waals surface area contributed by atoms with Gasteiger partial charge >= 0.3 is 0 Å². The maximum absolute atomic E-state index is 6.13. The molecule has 1 aromatic heterocycles. The van der Waals surface area contributed by atoms with Gasteiger partial charge in [-0.2, -0.15) is 4.98 Å². The molecule has 0 atom stereocenters. The number of pyridine rings is 1. The summed E-state index contributed by atoms with van der Waals surface area (Å²) in [6.45, 7) is 0. The van der Waals surface area contributed by atoms with Gasteiger partial charge in [-0.1, -0.05) is 48.0 Å². The Hall–Kier alpha value is -2.17. The smallest absolute Gasteiger partial charge is 0.222 e. The molecule has 0 unspecified atom stereocenters. The minimum atomic E-state index is 0.454. The Morgan fingerprint density at radius 1 is 0.909 bits per heavy atom. The number of halogens is 1. The second-order valence-electron chi connectivity index (χ2n) is 4.44. The van der Waals surface area contributed by atoms with Gasteiger partial charge in [-0.25, -0.2) is 0 Å². The highest BCUT2D eigenvalue weighted by atomic mass is 35.5. The first kappa shape index (κ1) is 14.8. The van der Waals surface area contributed by atoms with Gasteiger partial charge in [-0.3, -0.25) is 0 Å². The molecule has 1 N–H and O–H groups in total. The third kappa shape index (κ3) is 4.16. The Bertz CT molecular complexity index is 738. The Balaban J connectivity index is 1.72. The van der Waals surface area contributed by atoms with Crippen LogP contribution in [0.5, 0.6) is 11.6 Å². The molecule has 3 rings (SSSR count). The van der Waals surface area contributed by atoms with E-state index in [9.17, 15) is 0 Å². The highest BCUT2D eigenvalue weighted by molar-refractivity contribution is 8.00. The minimum absolute atomic E-state index is 0.454. The normalized spacial score (nSPS) is 10.2. The van der Waals surface area contributed by atoms with Crippen LogP contribution in [-0.4, -0.2) is 4.98 Å². The summed E-state index contributed by atoms with van der Waals surface area (Å²) in [5, 5.41) is 0.567. The number of ether oxygens (including phenoxy) is 1. The molecule has 5 heteroatoms. The average molecular weight is 329 g/mol. The Morgan fingerprint density at radius 3 is 2.32 bits per heavy atom. The van der Waals surface area contributed by atoms with Crippen LogP contribution in [0.3, 0.4) is 0 Å². The summed E-state index contributed by atoms with van der Waals surface area (Å²) >= 11 is 7.60. The molecule has 22 heavy (non-hydrogen) atoms. The van der Waals surface area contributed by atoms with E-state index in [1.54, 1.807) is 12.1 Å². The summed E-state index contributed by atoms with van der Waals surface area (Å²) in [6.07, 6.45) is 0. The highest BCUT2D eigenvalue weighted by Gasteiger charge is 2.04. The van der Waals surface area contributed by atoms with Crippen molar-refractivity contribution in [2.75, 3.05) is 4.72 Å². The summed E-state index contributed by atoms with van der Waals surface area (Å²) < 4.78 is 8.88. The lowest BCUT2D eigenvalue weighted by Gasteiger charge is -2.09. The highest BCUT2D eigenvalue weighted by Crippen LogP contribution is 2.27. The predicted molar refractivity (Wildman–Crippen MR) is 91.7 cm³/mol. The quantitative estimate of drug-likeness (QED) is 0.614. The van der Waals surface area contributed by atoms with Crippen LogP contribution in [0.15, 0.2) is 77.7 Å². The molecular formula is C17H13ClN2OS. The number of hydrogen-bond donors (Lipinski definition) is 1. The Labute approximate surface area is 138 Å². The van der Waals surface area contributed by atoms with Crippen molar-refractivity contribution < 1.29 is 4.74 Å².